The fourth-order valence-corrected chi connectivity index (χ4v) is 3.17. The van der Waals surface area contributed by atoms with Crippen molar-refractivity contribution in [3.8, 4) is 5.69 Å². The highest BCUT2D eigenvalue weighted by atomic mass is 32.2. The number of nitrogens with zero attached hydrogens (tertiary/aromatic N) is 2. The highest BCUT2D eigenvalue weighted by Gasteiger charge is 2.15. The number of amides is 1. The molecule has 1 N–H and O–H groups in total. The second-order valence-corrected chi connectivity index (χ2v) is 8.17. The average Bonchev–Trinajstić information content (AvgIpc) is 3.12. The predicted molar refractivity (Wildman–Crippen MR) is 99.0 cm³/mol. The van der Waals surface area contributed by atoms with Crippen molar-refractivity contribution in [1.82, 2.24) is 15.1 Å². The van der Waals surface area contributed by atoms with Crippen molar-refractivity contribution in [1.29, 1.82) is 0 Å². The minimum Gasteiger partial charge on any atom is -0.344 e. The van der Waals surface area contributed by atoms with Crippen LogP contribution in [-0.4, -0.2) is 30.4 Å². The third-order valence-corrected chi connectivity index (χ3v) is 5.20. The van der Waals surface area contributed by atoms with Crippen molar-refractivity contribution >= 4 is 15.7 Å². The molecule has 6 nitrogen and oxygen atoms in total. The monoisotopic (exact) mass is 387 g/mol. The number of hydrogen-bond donors (Lipinski definition) is 1. The van der Waals surface area contributed by atoms with Gasteiger partial charge in [0.1, 0.15) is 5.82 Å². The van der Waals surface area contributed by atoms with E-state index < -0.39 is 9.84 Å². The number of carbonyl (C=O) groups is 1. The van der Waals surface area contributed by atoms with Crippen molar-refractivity contribution in [3.63, 3.8) is 0 Å². The summed E-state index contributed by atoms with van der Waals surface area (Å²) in [5.41, 5.74) is 1.63. The molecule has 1 unspecified atom stereocenters. The summed E-state index contributed by atoms with van der Waals surface area (Å²) in [6.07, 6.45) is 2.76. The number of rotatable bonds is 5. The van der Waals surface area contributed by atoms with Gasteiger partial charge in [0.15, 0.2) is 15.5 Å². The first kappa shape index (κ1) is 18.8. The number of nitrogens with one attached hydrogen (secondary N) is 1. The summed E-state index contributed by atoms with van der Waals surface area (Å²) in [5, 5.41) is 7.03. The second-order valence-electron chi connectivity index (χ2n) is 6.16. The van der Waals surface area contributed by atoms with Crippen molar-refractivity contribution in [2.24, 2.45) is 0 Å². The summed E-state index contributed by atoms with van der Waals surface area (Å²) in [7, 11) is -3.26. The van der Waals surface area contributed by atoms with Gasteiger partial charge in [-0.05, 0) is 55.0 Å². The number of hydrogen-bond acceptors (Lipinski definition) is 4. The van der Waals surface area contributed by atoms with Crippen LogP contribution in [0.25, 0.3) is 5.69 Å². The van der Waals surface area contributed by atoms with Crippen LogP contribution in [0.15, 0.2) is 65.7 Å². The van der Waals surface area contributed by atoms with Crippen LogP contribution < -0.4 is 5.32 Å². The molecule has 3 rings (SSSR count). The van der Waals surface area contributed by atoms with Crippen LogP contribution in [-0.2, 0) is 9.84 Å². The fourth-order valence-electron chi connectivity index (χ4n) is 2.54. The summed E-state index contributed by atoms with van der Waals surface area (Å²) in [5.74, 6) is -0.713. The van der Waals surface area contributed by atoms with Crippen LogP contribution in [0, 0.1) is 5.82 Å². The molecule has 27 heavy (non-hydrogen) atoms. The zero-order valence-corrected chi connectivity index (χ0v) is 15.6. The lowest BCUT2D eigenvalue weighted by atomic mass is 10.1. The molecule has 1 amide bonds. The Labute approximate surface area is 156 Å². The maximum absolute atomic E-state index is 13.0. The maximum atomic E-state index is 13.0. The molecule has 140 valence electrons. The molecule has 0 spiro atoms. The quantitative estimate of drug-likeness (QED) is 0.730. The summed E-state index contributed by atoms with van der Waals surface area (Å²) in [6, 6.07) is 13.4. The van der Waals surface area contributed by atoms with Gasteiger partial charge in [0.25, 0.3) is 5.91 Å². The number of carbonyl (C=O) groups excluding carboxylic acids is 1. The van der Waals surface area contributed by atoms with Gasteiger partial charge in [0, 0.05) is 12.5 Å². The Hall–Kier alpha value is -3.00. The van der Waals surface area contributed by atoms with Crippen molar-refractivity contribution in [2.45, 2.75) is 17.9 Å². The third kappa shape index (κ3) is 4.40. The smallest absolute Gasteiger partial charge is 0.272 e. The van der Waals surface area contributed by atoms with Gasteiger partial charge in [-0.3, -0.25) is 4.79 Å². The molecule has 0 aliphatic carbocycles. The Morgan fingerprint density at radius 3 is 2.30 bits per heavy atom. The lowest BCUT2D eigenvalue weighted by molar-refractivity contribution is 0.0934. The lowest BCUT2D eigenvalue weighted by Crippen LogP contribution is -2.27. The SMILES string of the molecule is CC(NC(=O)c1ccn(-c2ccc(F)cc2)n1)c1ccc(S(C)(=O)=O)cc1. The molecule has 0 aliphatic rings. The highest BCUT2D eigenvalue weighted by Crippen LogP contribution is 2.17. The predicted octanol–water partition coefficient (Wildman–Crippen LogP) is 2.91. The van der Waals surface area contributed by atoms with Crippen LogP contribution in [0.4, 0.5) is 4.39 Å². The molecule has 8 heteroatoms. The molecule has 1 heterocycles. The molecule has 0 saturated heterocycles. The van der Waals surface area contributed by atoms with Gasteiger partial charge in [0.2, 0.25) is 0 Å². The molecule has 0 radical (unpaired) electrons. The topological polar surface area (TPSA) is 81.1 Å². The van der Waals surface area contributed by atoms with Gasteiger partial charge in [0.05, 0.1) is 16.6 Å². The standard InChI is InChI=1S/C19H18FN3O3S/c1-13(14-3-9-17(10-4-14)27(2,25)26)21-19(24)18-11-12-23(22-18)16-7-5-15(20)6-8-16/h3-13H,1-2H3,(H,21,24). The zero-order valence-electron chi connectivity index (χ0n) is 14.8. The number of sulfone groups is 1. The molecular weight excluding hydrogens is 369 g/mol. The van der Waals surface area contributed by atoms with Crippen LogP contribution in [0.5, 0.6) is 0 Å². The molecule has 0 bridgehead atoms. The third-order valence-electron chi connectivity index (χ3n) is 4.07. The van der Waals surface area contributed by atoms with Crippen LogP contribution in [0.1, 0.15) is 29.0 Å². The summed E-state index contributed by atoms with van der Waals surface area (Å²) < 4.78 is 37.5. The van der Waals surface area contributed by atoms with Gasteiger partial charge in [-0.15, -0.1) is 0 Å². The molecule has 3 aromatic rings. The van der Waals surface area contributed by atoms with Gasteiger partial charge in [-0.1, -0.05) is 12.1 Å². The van der Waals surface area contributed by atoms with E-state index >= 15 is 0 Å². The lowest BCUT2D eigenvalue weighted by Gasteiger charge is -2.14. The average molecular weight is 387 g/mol. The number of halogens is 1. The maximum Gasteiger partial charge on any atom is 0.272 e. The first-order valence-electron chi connectivity index (χ1n) is 8.16. The first-order valence-corrected chi connectivity index (χ1v) is 10.1. The van der Waals surface area contributed by atoms with E-state index in [0.717, 1.165) is 11.8 Å². The normalized spacial score (nSPS) is 12.6. The van der Waals surface area contributed by atoms with Crippen LogP contribution in [0.2, 0.25) is 0 Å². The molecule has 1 aromatic heterocycles. The van der Waals surface area contributed by atoms with E-state index in [9.17, 15) is 17.6 Å². The Kier molecular flexibility index (Phi) is 5.09. The Morgan fingerprint density at radius 1 is 1.07 bits per heavy atom. The Bertz CT molecular complexity index is 1060. The van der Waals surface area contributed by atoms with Crippen LogP contribution >= 0.6 is 0 Å². The second kappa shape index (κ2) is 7.32. The van der Waals surface area contributed by atoms with Crippen molar-refractivity contribution < 1.29 is 17.6 Å². The van der Waals surface area contributed by atoms with Gasteiger partial charge in [-0.2, -0.15) is 5.10 Å². The molecule has 0 saturated carbocycles. The molecular formula is C19H18FN3O3S. The largest absolute Gasteiger partial charge is 0.344 e. The Balaban J connectivity index is 1.71. The molecule has 0 fully saturated rings. The van der Waals surface area contributed by atoms with Crippen LogP contribution in [0.3, 0.4) is 0 Å². The van der Waals surface area contributed by atoms with Crippen molar-refractivity contribution in [2.75, 3.05) is 6.26 Å². The van der Waals surface area contributed by atoms with E-state index in [4.69, 9.17) is 0 Å². The molecule has 1 atom stereocenters. The van der Waals surface area contributed by atoms with Gasteiger partial charge >= 0.3 is 0 Å². The summed E-state index contributed by atoms with van der Waals surface area (Å²) in [4.78, 5) is 12.6. The van der Waals surface area contributed by atoms with E-state index in [1.807, 2.05) is 0 Å². The van der Waals surface area contributed by atoms with Gasteiger partial charge in [-0.25, -0.2) is 17.5 Å². The summed E-state index contributed by atoms with van der Waals surface area (Å²) >= 11 is 0. The summed E-state index contributed by atoms with van der Waals surface area (Å²) in [6.45, 7) is 1.80. The van der Waals surface area contributed by atoms with Gasteiger partial charge < -0.3 is 5.32 Å². The number of benzene rings is 2. The molecule has 0 aliphatic heterocycles. The minimum absolute atomic E-state index is 0.221. The number of aromatic nitrogens is 2. The minimum atomic E-state index is -3.26. The highest BCUT2D eigenvalue weighted by molar-refractivity contribution is 7.90. The van der Waals surface area contributed by atoms with E-state index in [1.165, 1.54) is 28.9 Å². The Morgan fingerprint density at radius 2 is 1.70 bits per heavy atom. The van der Waals surface area contributed by atoms with E-state index in [-0.39, 0.29) is 28.4 Å². The van der Waals surface area contributed by atoms with E-state index in [2.05, 4.69) is 10.4 Å². The van der Waals surface area contributed by atoms with E-state index in [1.54, 1.807) is 43.5 Å². The first-order chi connectivity index (χ1) is 12.7. The van der Waals surface area contributed by atoms with E-state index in [0.29, 0.717) is 5.69 Å². The fraction of sp³-hybridized carbons (Fsp3) is 0.158. The van der Waals surface area contributed by atoms with Crippen molar-refractivity contribution in [3.05, 3.63) is 77.9 Å². The molecule has 2 aromatic carbocycles. The zero-order chi connectivity index (χ0) is 19.6.